The first kappa shape index (κ1) is 14.1. The summed E-state index contributed by atoms with van der Waals surface area (Å²) in [5, 5.41) is 4.15. The molecule has 1 aromatic rings. The molecule has 0 bridgehead atoms. The van der Waals surface area contributed by atoms with Crippen LogP contribution in [0, 0.1) is 11.8 Å². The number of carbonyl (C=O) groups excluding carboxylic acids is 2. The molecule has 1 aromatic heterocycles. The molecule has 0 aromatic carbocycles. The van der Waals surface area contributed by atoms with Gasteiger partial charge in [-0.15, -0.1) is 0 Å². The summed E-state index contributed by atoms with van der Waals surface area (Å²) in [6.45, 7) is 3.63. The first-order chi connectivity index (χ1) is 10.0. The van der Waals surface area contributed by atoms with Gasteiger partial charge in [-0.25, -0.2) is 0 Å². The van der Waals surface area contributed by atoms with Crippen molar-refractivity contribution in [2.24, 2.45) is 17.6 Å². The van der Waals surface area contributed by atoms with Crippen molar-refractivity contribution in [1.82, 2.24) is 14.7 Å². The normalized spacial score (nSPS) is 26.4. The van der Waals surface area contributed by atoms with E-state index in [0.717, 1.165) is 31.6 Å². The topological polar surface area (TPSA) is 81.2 Å². The SMILES string of the molecule is CC1CCC(C(=O)N2CC(n3cc(C(N)=O)cn3)C2)CC1. The van der Waals surface area contributed by atoms with E-state index in [1.807, 2.05) is 4.90 Å². The maximum absolute atomic E-state index is 12.4. The molecule has 6 heteroatoms. The Balaban J connectivity index is 1.53. The van der Waals surface area contributed by atoms with Crippen LogP contribution in [-0.2, 0) is 4.79 Å². The zero-order valence-electron chi connectivity index (χ0n) is 12.4. The quantitative estimate of drug-likeness (QED) is 0.908. The summed E-state index contributed by atoms with van der Waals surface area (Å²) in [6, 6.07) is 0.171. The lowest BCUT2D eigenvalue weighted by molar-refractivity contribution is -0.143. The molecule has 0 spiro atoms. The Morgan fingerprint density at radius 1 is 1.24 bits per heavy atom. The number of nitrogens with two attached hydrogens (primary N) is 1. The van der Waals surface area contributed by atoms with E-state index in [9.17, 15) is 9.59 Å². The highest BCUT2D eigenvalue weighted by atomic mass is 16.2. The molecule has 3 rings (SSSR count). The third-order valence-electron chi connectivity index (χ3n) is 4.80. The maximum atomic E-state index is 12.4. The van der Waals surface area contributed by atoms with Crippen molar-refractivity contribution < 1.29 is 9.59 Å². The molecule has 0 unspecified atom stereocenters. The van der Waals surface area contributed by atoms with E-state index in [1.54, 1.807) is 10.9 Å². The van der Waals surface area contributed by atoms with E-state index >= 15 is 0 Å². The summed E-state index contributed by atoms with van der Waals surface area (Å²) in [5.74, 6) is 0.792. The molecule has 114 valence electrons. The van der Waals surface area contributed by atoms with E-state index in [-0.39, 0.29) is 12.0 Å². The van der Waals surface area contributed by atoms with Gasteiger partial charge in [0.2, 0.25) is 5.91 Å². The van der Waals surface area contributed by atoms with Gasteiger partial charge in [0.1, 0.15) is 0 Å². The van der Waals surface area contributed by atoms with E-state index in [1.165, 1.54) is 6.20 Å². The molecular weight excluding hydrogens is 268 g/mol. The number of amides is 2. The van der Waals surface area contributed by atoms with Crippen LogP contribution in [0.1, 0.15) is 49.0 Å². The molecule has 2 N–H and O–H groups in total. The Morgan fingerprint density at radius 3 is 2.48 bits per heavy atom. The molecular formula is C15H22N4O2. The highest BCUT2D eigenvalue weighted by Crippen LogP contribution is 2.32. The maximum Gasteiger partial charge on any atom is 0.251 e. The lowest BCUT2D eigenvalue weighted by Crippen LogP contribution is -2.53. The zero-order valence-corrected chi connectivity index (χ0v) is 12.4. The van der Waals surface area contributed by atoms with E-state index in [0.29, 0.717) is 24.6 Å². The number of rotatable bonds is 3. The molecule has 1 aliphatic heterocycles. The number of hydrogen-bond donors (Lipinski definition) is 1. The fourth-order valence-corrected chi connectivity index (χ4v) is 3.23. The number of hydrogen-bond acceptors (Lipinski definition) is 3. The molecule has 2 amide bonds. The van der Waals surface area contributed by atoms with Crippen LogP contribution in [0.25, 0.3) is 0 Å². The fraction of sp³-hybridized carbons (Fsp3) is 0.667. The fourth-order valence-electron chi connectivity index (χ4n) is 3.23. The van der Waals surface area contributed by atoms with Crippen LogP contribution in [0.4, 0.5) is 0 Å². The number of aromatic nitrogens is 2. The first-order valence-corrected chi connectivity index (χ1v) is 7.67. The molecule has 1 saturated carbocycles. The minimum atomic E-state index is -0.468. The van der Waals surface area contributed by atoms with Crippen molar-refractivity contribution in [1.29, 1.82) is 0 Å². The Kier molecular flexibility index (Phi) is 3.69. The summed E-state index contributed by atoms with van der Waals surface area (Å²) in [7, 11) is 0. The van der Waals surface area contributed by atoms with Gasteiger partial charge < -0.3 is 10.6 Å². The van der Waals surface area contributed by atoms with E-state index in [2.05, 4.69) is 12.0 Å². The number of carbonyl (C=O) groups is 2. The Morgan fingerprint density at radius 2 is 1.90 bits per heavy atom. The molecule has 2 aliphatic rings. The molecule has 2 heterocycles. The third-order valence-corrected chi connectivity index (χ3v) is 4.80. The first-order valence-electron chi connectivity index (χ1n) is 7.67. The summed E-state index contributed by atoms with van der Waals surface area (Å²) < 4.78 is 1.74. The third kappa shape index (κ3) is 2.80. The number of likely N-dealkylation sites (tertiary alicyclic amines) is 1. The standard InChI is InChI=1S/C15H22N4O2/c1-10-2-4-11(5-3-10)15(21)18-8-13(9-18)19-7-12(6-17-19)14(16)20/h6-7,10-11,13H,2-5,8-9H2,1H3,(H2,16,20). The van der Waals surface area contributed by atoms with Crippen LogP contribution in [0.2, 0.25) is 0 Å². The van der Waals surface area contributed by atoms with E-state index < -0.39 is 5.91 Å². The van der Waals surface area contributed by atoms with Crippen molar-refractivity contribution in [3.8, 4) is 0 Å². The molecule has 0 atom stereocenters. The lowest BCUT2D eigenvalue weighted by atomic mass is 9.82. The summed E-state index contributed by atoms with van der Waals surface area (Å²) in [4.78, 5) is 25.4. The summed E-state index contributed by atoms with van der Waals surface area (Å²) in [5.41, 5.74) is 5.63. The average Bonchev–Trinajstić information content (AvgIpc) is 2.87. The predicted molar refractivity (Wildman–Crippen MR) is 77.5 cm³/mol. The van der Waals surface area contributed by atoms with Crippen LogP contribution in [0.5, 0.6) is 0 Å². The van der Waals surface area contributed by atoms with Crippen LogP contribution < -0.4 is 5.73 Å². The van der Waals surface area contributed by atoms with Crippen LogP contribution >= 0.6 is 0 Å². The molecule has 0 radical (unpaired) electrons. The smallest absolute Gasteiger partial charge is 0.251 e. The minimum Gasteiger partial charge on any atom is -0.366 e. The van der Waals surface area contributed by atoms with Crippen LogP contribution in [0.3, 0.4) is 0 Å². The second kappa shape index (κ2) is 5.50. The van der Waals surface area contributed by atoms with Gasteiger partial charge in [-0.1, -0.05) is 6.92 Å². The average molecular weight is 290 g/mol. The Labute approximate surface area is 124 Å². The van der Waals surface area contributed by atoms with Gasteiger partial charge >= 0.3 is 0 Å². The molecule has 21 heavy (non-hydrogen) atoms. The monoisotopic (exact) mass is 290 g/mol. The Hall–Kier alpha value is -1.85. The van der Waals surface area contributed by atoms with Gasteiger partial charge in [-0.3, -0.25) is 14.3 Å². The second-order valence-corrected chi connectivity index (χ2v) is 6.43. The minimum absolute atomic E-state index is 0.171. The molecule has 1 aliphatic carbocycles. The van der Waals surface area contributed by atoms with Gasteiger partial charge in [0.15, 0.2) is 0 Å². The lowest BCUT2D eigenvalue weighted by Gasteiger charge is -2.42. The van der Waals surface area contributed by atoms with Crippen molar-refractivity contribution in [2.45, 2.75) is 38.6 Å². The van der Waals surface area contributed by atoms with Crippen LogP contribution in [0.15, 0.2) is 12.4 Å². The zero-order chi connectivity index (χ0) is 15.0. The largest absolute Gasteiger partial charge is 0.366 e. The van der Waals surface area contributed by atoms with Gasteiger partial charge in [-0.05, 0) is 31.6 Å². The molecule has 1 saturated heterocycles. The second-order valence-electron chi connectivity index (χ2n) is 6.43. The van der Waals surface area contributed by atoms with Gasteiger partial charge in [0.05, 0.1) is 17.8 Å². The van der Waals surface area contributed by atoms with Crippen LogP contribution in [-0.4, -0.2) is 39.6 Å². The molecule has 2 fully saturated rings. The van der Waals surface area contributed by atoms with Gasteiger partial charge in [0, 0.05) is 25.2 Å². The number of nitrogens with zero attached hydrogens (tertiary/aromatic N) is 3. The van der Waals surface area contributed by atoms with Crippen molar-refractivity contribution >= 4 is 11.8 Å². The summed E-state index contributed by atoms with van der Waals surface area (Å²) >= 11 is 0. The predicted octanol–water partition coefficient (Wildman–Crippen LogP) is 1.19. The highest BCUT2D eigenvalue weighted by molar-refractivity contribution is 5.92. The summed E-state index contributed by atoms with van der Waals surface area (Å²) in [6.07, 6.45) is 7.51. The number of primary amides is 1. The van der Waals surface area contributed by atoms with Gasteiger partial charge in [0.25, 0.3) is 5.91 Å². The Bertz CT molecular complexity index is 540. The van der Waals surface area contributed by atoms with Crippen molar-refractivity contribution in [3.05, 3.63) is 18.0 Å². The molecule has 6 nitrogen and oxygen atoms in total. The van der Waals surface area contributed by atoms with Crippen molar-refractivity contribution in [3.63, 3.8) is 0 Å². The van der Waals surface area contributed by atoms with E-state index in [4.69, 9.17) is 5.73 Å². The van der Waals surface area contributed by atoms with Crippen molar-refractivity contribution in [2.75, 3.05) is 13.1 Å². The van der Waals surface area contributed by atoms with Gasteiger partial charge in [-0.2, -0.15) is 5.10 Å². The highest BCUT2D eigenvalue weighted by Gasteiger charge is 2.36.